The Bertz CT molecular complexity index is 664. The summed E-state index contributed by atoms with van der Waals surface area (Å²) in [6.45, 7) is 0. The molecule has 0 saturated carbocycles. The molecule has 2 aromatic rings. The predicted octanol–water partition coefficient (Wildman–Crippen LogP) is 2.91. The molecule has 19 heavy (non-hydrogen) atoms. The Morgan fingerprint density at radius 1 is 1.26 bits per heavy atom. The largest absolute Gasteiger partial charge is 0.321 e. The number of carbonyl (C=O) groups is 1. The van der Waals surface area contributed by atoms with Crippen LogP contribution in [-0.2, 0) is 0 Å². The van der Waals surface area contributed by atoms with Gasteiger partial charge >= 0.3 is 0 Å². The van der Waals surface area contributed by atoms with Crippen molar-refractivity contribution in [1.82, 2.24) is 9.97 Å². The van der Waals surface area contributed by atoms with E-state index >= 15 is 0 Å². The normalized spacial score (nSPS) is 9.74. The second-order valence-corrected chi connectivity index (χ2v) is 4.28. The minimum atomic E-state index is -0.440. The highest BCUT2D eigenvalue weighted by atomic mass is 35.5. The van der Waals surface area contributed by atoms with Crippen molar-refractivity contribution >= 4 is 34.8 Å². The molecule has 1 N–H and O–H groups in total. The zero-order chi connectivity index (χ0) is 13.8. The highest BCUT2D eigenvalue weighted by molar-refractivity contribution is 6.32. The van der Waals surface area contributed by atoms with Crippen LogP contribution in [0.15, 0.2) is 30.6 Å². The highest BCUT2D eigenvalue weighted by Gasteiger charge is 2.09. The maximum absolute atomic E-state index is 11.8. The first-order valence-corrected chi connectivity index (χ1v) is 5.84. The van der Waals surface area contributed by atoms with Gasteiger partial charge in [0.25, 0.3) is 5.91 Å². The van der Waals surface area contributed by atoms with Gasteiger partial charge in [0.1, 0.15) is 16.9 Å². The lowest BCUT2D eigenvalue weighted by Crippen LogP contribution is -2.13. The van der Waals surface area contributed by atoms with Crippen molar-refractivity contribution in [3.05, 3.63) is 52.0 Å². The Labute approximate surface area is 118 Å². The standard InChI is InChI=1S/C12H6Cl2N4O/c13-9-3-8(2-1-7(9)4-15)18-12(19)10-5-17-11(14)6-16-10/h1-3,5-6H,(H,18,19). The van der Waals surface area contributed by atoms with Crippen LogP contribution in [-0.4, -0.2) is 15.9 Å². The van der Waals surface area contributed by atoms with Crippen molar-refractivity contribution in [3.8, 4) is 6.07 Å². The second-order valence-electron chi connectivity index (χ2n) is 3.48. The summed E-state index contributed by atoms with van der Waals surface area (Å²) in [7, 11) is 0. The molecule has 0 aliphatic carbocycles. The number of nitriles is 1. The molecular formula is C12H6Cl2N4O. The summed E-state index contributed by atoms with van der Waals surface area (Å²) in [6.07, 6.45) is 2.55. The van der Waals surface area contributed by atoms with Crippen LogP contribution in [0.4, 0.5) is 5.69 Å². The molecule has 0 bridgehead atoms. The Morgan fingerprint density at radius 3 is 2.63 bits per heavy atom. The van der Waals surface area contributed by atoms with Crippen molar-refractivity contribution in [2.75, 3.05) is 5.32 Å². The van der Waals surface area contributed by atoms with Gasteiger partial charge in [-0.15, -0.1) is 0 Å². The van der Waals surface area contributed by atoms with Gasteiger partial charge in [0.05, 0.1) is 23.0 Å². The molecular weight excluding hydrogens is 287 g/mol. The molecule has 94 valence electrons. The zero-order valence-corrected chi connectivity index (χ0v) is 10.9. The molecule has 1 aromatic carbocycles. The summed E-state index contributed by atoms with van der Waals surface area (Å²) in [5.74, 6) is -0.440. The monoisotopic (exact) mass is 292 g/mol. The van der Waals surface area contributed by atoms with E-state index in [2.05, 4.69) is 15.3 Å². The van der Waals surface area contributed by atoms with E-state index in [1.165, 1.54) is 24.5 Å². The molecule has 0 radical (unpaired) electrons. The van der Waals surface area contributed by atoms with E-state index in [9.17, 15) is 4.79 Å². The Kier molecular flexibility index (Phi) is 3.95. The number of amides is 1. The molecule has 2 rings (SSSR count). The molecule has 1 heterocycles. The van der Waals surface area contributed by atoms with Crippen molar-refractivity contribution in [3.63, 3.8) is 0 Å². The van der Waals surface area contributed by atoms with Crippen LogP contribution in [0.1, 0.15) is 16.1 Å². The van der Waals surface area contributed by atoms with E-state index in [0.29, 0.717) is 11.3 Å². The van der Waals surface area contributed by atoms with Crippen LogP contribution in [0.3, 0.4) is 0 Å². The minimum absolute atomic E-state index is 0.130. The lowest BCUT2D eigenvalue weighted by molar-refractivity contribution is 0.102. The smallest absolute Gasteiger partial charge is 0.275 e. The van der Waals surface area contributed by atoms with Crippen LogP contribution in [0.25, 0.3) is 0 Å². The van der Waals surface area contributed by atoms with Gasteiger partial charge in [-0.25, -0.2) is 9.97 Å². The molecule has 5 nitrogen and oxygen atoms in total. The molecule has 0 atom stereocenters. The summed E-state index contributed by atoms with van der Waals surface area (Å²) in [6, 6.07) is 6.51. The summed E-state index contributed by atoms with van der Waals surface area (Å²) in [5.41, 5.74) is 0.932. The third-order valence-electron chi connectivity index (χ3n) is 2.20. The Balaban J connectivity index is 2.17. The minimum Gasteiger partial charge on any atom is -0.321 e. The third kappa shape index (κ3) is 3.19. The summed E-state index contributed by atoms with van der Waals surface area (Å²) in [4.78, 5) is 19.4. The van der Waals surface area contributed by atoms with Crippen molar-refractivity contribution in [1.29, 1.82) is 5.26 Å². The average Bonchev–Trinajstić information content (AvgIpc) is 2.39. The van der Waals surface area contributed by atoms with E-state index in [-0.39, 0.29) is 15.9 Å². The average molecular weight is 293 g/mol. The predicted molar refractivity (Wildman–Crippen MR) is 71.2 cm³/mol. The molecule has 0 fully saturated rings. The second kappa shape index (κ2) is 5.65. The van der Waals surface area contributed by atoms with Gasteiger partial charge in [-0.3, -0.25) is 4.79 Å². The van der Waals surface area contributed by atoms with E-state index in [1.807, 2.05) is 6.07 Å². The van der Waals surface area contributed by atoms with Crippen LogP contribution >= 0.6 is 23.2 Å². The summed E-state index contributed by atoms with van der Waals surface area (Å²) >= 11 is 11.4. The number of halogens is 2. The SMILES string of the molecule is N#Cc1ccc(NC(=O)c2cnc(Cl)cn2)cc1Cl. The molecule has 1 amide bonds. The first-order valence-electron chi connectivity index (χ1n) is 5.08. The topological polar surface area (TPSA) is 78.7 Å². The molecule has 0 aliphatic rings. The molecule has 0 spiro atoms. The summed E-state index contributed by atoms with van der Waals surface area (Å²) < 4.78 is 0. The lowest BCUT2D eigenvalue weighted by atomic mass is 10.2. The van der Waals surface area contributed by atoms with Crippen LogP contribution in [0, 0.1) is 11.3 Å². The number of rotatable bonds is 2. The van der Waals surface area contributed by atoms with Crippen molar-refractivity contribution < 1.29 is 4.79 Å². The number of hydrogen-bond acceptors (Lipinski definition) is 4. The number of aromatic nitrogens is 2. The number of carbonyl (C=O) groups excluding carboxylic acids is 1. The first-order chi connectivity index (χ1) is 9.10. The van der Waals surface area contributed by atoms with E-state index in [0.717, 1.165) is 0 Å². The fourth-order valence-corrected chi connectivity index (χ4v) is 1.63. The molecule has 7 heteroatoms. The third-order valence-corrected chi connectivity index (χ3v) is 2.71. The van der Waals surface area contributed by atoms with Crippen molar-refractivity contribution in [2.45, 2.75) is 0 Å². The first kappa shape index (κ1) is 13.3. The fraction of sp³-hybridized carbons (Fsp3) is 0. The maximum Gasteiger partial charge on any atom is 0.275 e. The maximum atomic E-state index is 11.8. The van der Waals surface area contributed by atoms with Crippen LogP contribution in [0.5, 0.6) is 0 Å². The number of hydrogen-bond donors (Lipinski definition) is 1. The van der Waals surface area contributed by atoms with Gasteiger partial charge in [-0.2, -0.15) is 5.26 Å². The highest BCUT2D eigenvalue weighted by Crippen LogP contribution is 2.20. The number of anilines is 1. The zero-order valence-electron chi connectivity index (χ0n) is 9.39. The number of nitrogens with one attached hydrogen (secondary N) is 1. The van der Waals surface area contributed by atoms with Gasteiger partial charge in [0.15, 0.2) is 0 Å². The van der Waals surface area contributed by atoms with E-state index < -0.39 is 5.91 Å². The fourth-order valence-electron chi connectivity index (χ4n) is 1.31. The van der Waals surface area contributed by atoms with E-state index in [4.69, 9.17) is 28.5 Å². The number of nitrogens with zero attached hydrogens (tertiary/aromatic N) is 3. The summed E-state index contributed by atoms with van der Waals surface area (Å²) in [5, 5.41) is 11.8. The Morgan fingerprint density at radius 2 is 2.05 bits per heavy atom. The number of benzene rings is 1. The molecule has 1 aromatic heterocycles. The van der Waals surface area contributed by atoms with Gasteiger partial charge in [0, 0.05) is 5.69 Å². The van der Waals surface area contributed by atoms with Gasteiger partial charge in [0.2, 0.25) is 0 Å². The van der Waals surface area contributed by atoms with Gasteiger partial charge in [-0.1, -0.05) is 23.2 Å². The molecule has 0 saturated heterocycles. The Hall–Kier alpha value is -2.16. The quantitative estimate of drug-likeness (QED) is 0.923. The van der Waals surface area contributed by atoms with Crippen molar-refractivity contribution in [2.24, 2.45) is 0 Å². The van der Waals surface area contributed by atoms with E-state index in [1.54, 1.807) is 6.07 Å². The van der Waals surface area contributed by atoms with Crippen LogP contribution in [0.2, 0.25) is 10.2 Å². The molecule has 0 aliphatic heterocycles. The lowest BCUT2D eigenvalue weighted by Gasteiger charge is -2.05. The van der Waals surface area contributed by atoms with Gasteiger partial charge in [-0.05, 0) is 18.2 Å². The molecule has 0 unspecified atom stereocenters. The van der Waals surface area contributed by atoms with Crippen LogP contribution < -0.4 is 5.32 Å². The van der Waals surface area contributed by atoms with Gasteiger partial charge < -0.3 is 5.32 Å².